The van der Waals surface area contributed by atoms with Crippen LogP contribution in [-0.2, 0) is 4.79 Å². The fourth-order valence-electron chi connectivity index (χ4n) is 2.23. The maximum Gasteiger partial charge on any atom is 0.138 e. The topological polar surface area (TPSA) is 42.0 Å². The van der Waals surface area contributed by atoms with E-state index in [0.717, 1.165) is 12.1 Å². The summed E-state index contributed by atoms with van der Waals surface area (Å²) in [5.41, 5.74) is 4.06. The number of carbonyl (C=O) groups is 1. The van der Waals surface area contributed by atoms with Crippen molar-refractivity contribution in [1.29, 1.82) is 0 Å². The van der Waals surface area contributed by atoms with Crippen LogP contribution < -0.4 is 5.32 Å². The Morgan fingerprint density at radius 2 is 2.35 bits per heavy atom. The molecule has 1 aromatic heterocycles. The molecule has 3 rings (SSSR count). The summed E-state index contributed by atoms with van der Waals surface area (Å²) < 4.78 is 1.20. The fraction of sp³-hybridized carbons (Fsp3) is 0.385. The molecule has 0 saturated carbocycles. The maximum atomic E-state index is 11.7. The zero-order valence-electron chi connectivity index (χ0n) is 9.64. The van der Waals surface area contributed by atoms with Crippen LogP contribution in [0.3, 0.4) is 0 Å². The molecular weight excluding hydrogens is 232 g/mol. The van der Waals surface area contributed by atoms with Crippen molar-refractivity contribution in [2.75, 3.05) is 6.54 Å². The van der Waals surface area contributed by atoms with Crippen molar-refractivity contribution in [2.24, 2.45) is 5.92 Å². The lowest BCUT2D eigenvalue weighted by atomic mass is 9.91. The van der Waals surface area contributed by atoms with Crippen molar-refractivity contribution < 1.29 is 4.79 Å². The second-order valence-electron chi connectivity index (χ2n) is 4.61. The number of benzene rings is 1. The summed E-state index contributed by atoms with van der Waals surface area (Å²) >= 11 is 1.65. The molecule has 1 fully saturated rings. The number of piperidine rings is 1. The normalized spacial score (nSPS) is 25.4. The van der Waals surface area contributed by atoms with Gasteiger partial charge in [0.15, 0.2) is 0 Å². The molecule has 0 bridgehead atoms. The average molecular weight is 246 g/mol. The number of nitrogens with one attached hydrogen (secondary N) is 1. The first-order chi connectivity index (χ1) is 8.24. The van der Waals surface area contributed by atoms with E-state index in [2.05, 4.69) is 28.5 Å². The molecule has 2 atom stereocenters. The van der Waals surface area contributed by atoms with Crippen LogP contribution in [0.15, 0.2) is 23.7 Å². The molecule has 0 radical (unpaired) electrons. The largest absolute Gasteiger partial charge is 0.309 e. The molecule has 17 heavy (non-hydrogen) atoms. The number of hydrogen-bond donors (Lipinski definition) is 1. The molecule has 2 heterocycles. The van der Waals surface area contributed by atoms with Crippen LogP contribution >= 0.6 is 11.3 Å². The first kappa shape index (κ1) is 10.9. The predicted molar refractivity (Wildman–Crippen MR) is 69.2 cm³/mol. The minimum absolute atomic E-state index is 0.147. The highest BCUT2D eigenvalue weighted by Gasteiger charge is 2.25. The number of nitrogens with zero attached hydrogens (tertiary/aromatic N) is 1. The second kappa shape index (κ2) is 4.20. The molecule has 4 heteroatoms. The van der Waals surface area contributed by atoms with Crippen LogP contribution in [-0.4, -0.2) is 17.3 Å². The summed E-state index contributed by atoms with van der Waals surface area (Å²) in [6.45, 7) is 2.76. The Morgan fingerprint density at radius 1 is 1.47 bits per heavy atom. The Morgan fingerprint density at radius 3 is 3.18 bits per heavy atom. The van der Waals surface area contributed by atoms with E-state index in [1.807, 2.05) is 12.4 Å². The van der Waals surface area contributed by atoms with Crippen LogP contribution in [0.2, 0.25) is 0 Å². The number of ketones is 1. The number of hydrogen-bond acceptors (Lipinski definition) is 4. The van der Waals surface area contributed by atoms with E-state index in [4.69, 9.17) is 0 Å². The number of carbonyl (C=O) groups excluding carboxylic acids is 1. The van der Waals surface area contributed by atoms with Gasteiger partial charge in [0.2, 0.25) is 0 Å². The summed E-state index contributed by atoms with van der Waals surface area (Å²) in [5.74, 6) is 0.501. The van der Waals surface area contributed by atoms with Crippen molar-refractivity contribution in [1.82, 2.24) is 10.3 Å². The minimum Gasteiger partial charge on any atom is -0.309 e. The second-order valence-corrected chi connectivity index (χ2v) is 5.50. The van der Waals surface area contributed by atoms with Crippen molar-refractivity contribution in [3.8, 4) is 0 Å². The van der Waals surface area contributed by atoms with E-state index in [1.54, 1.807) is 11.3 Å². The lowest BCUT2D eigenvalue weighted by molar-refractivity contribution is -0.124. The van der Waals surface area contributed by atoms with Crippen molar-refractivity contribution in [3.63, 3.8) is 0 Å². The van der Waals surface area contributed by atoms with Crippen molar-refractivity contribution >= 4 is 27.3 Å². The van der Waals surface area contributed by atoms with Gasteiger partial charge in [-0.05, 0) is 17.7 Å². The molecule has 1 aliphatic rings. The number of thiazole rings is 1. The van der Waals surface area contributed by atoms with Gasteiger partial charge in [-0.2, -0.15) is 0 Å². The summed E-state index contributed by atoms with van der Waals surface area (Å²) in [6.07, 6.45) is 0.594. The third kappa shape index (κ3) is 1.98. The number of Topliss-reactive ketones (excluding diaryl/α,β-unsaturated/α-hetero) is 1. The van der Waals surface area contributed by atoms with Gasteiger partial charge in [0.25, 0.3) is 0 Å². The van der Waals surface area contributed by atoms with E-state index < -0.39 is 0 Å². The van der Waals surface area contributed by atoms with E-state index in [0.29, 0.717) is 12.2 Å². The molecule has 0 amide bonds. The maximum absolute atomic E-state index is 11.7. The van der Waals surface area contributed by atoms with Gasteiger partial charge in [0.05, 0.1) is 15.7 Å². The molecule has 2 aromatic rings. The van der Waals surface area contributed by atoms with E-state index >= 15 is 0 Å². The van der Waals surface area contributed by atoms with Crippen LogP contribution in [0.25, 0.3) is 10.2 Å². The first-order valence-electron chi connectivity index (χ1n) is 5.83. The highest BCUT2D eigenvalue weighted by Crippen LogP contribution is 2.27. The number of aromatic nitrogens is 1. The molecule has 3 nitrogen and oxygen atoms in total. The van der Waals surface area contributed by atoms with Gasteiger partial charge in [-0.25, -0.2) is 4.98 Å². The average Bonchev–Trinajstić information content (AvgIpc) is 2.79. The molecule has 88 valence electrons. The Kier molecular flexibility index (Phi) is 2.68. The monoisotopic (exact) mass is 246 g/mol. The van der Waals surface area contributed by atoms with Crippen molar-refractivity contribution in [3.05, 3.63) is 29.3 Å². The third-order valence-electron chi connectivity index (χ3n) is 3.38. The van der Waals surface area contributed by atoms with Gasteiger partial charge < -0.3 is 5.32 Å². The summed E-state index contributed by atoms with van der Waals surface area (Å²) in [5, 5.41) is 3.43. The van der Waals surface area contributed by atoms with Crippen LogP contribution in [0.5, 0.6) is 0 Å². The predicted octanol–water partition coefficient (Wildman–Crippen LogP) is 2.54. The molecule has 0 spiro atoms. The Bertz CT molecular complexity index is 563. The quantitative estimate of drug-likeness (QED) is 0.840. The zero-order chi connectivity index (χ0) is 11.8. The molecule has 1 saturated heterocycles. The smallest absolute Gasteiger partial charge is 0.138 e. The molecule has 0 unspecified atom stereocenters. The molecular formula is C13H14N2OS. The van der Waals surface area contributed by atoms with E-state index in [-0.39, 0.29) is 12.0 Å². The molecule has 0 aliphatic carbocycles. The Labute approximate surface area is 104 Å². The summed E-state index contributed by atoms with van der Waals surface area (Å²) in [4.78, 5) is 16.1. The molecule has 1 aliphatic heterocycles. The van der Waals surface area contributed by atoms with Gasteiger partial charge in [0.1, 0.15) is 5.78 Å². The highest BCUT2D eigenvalue weighted by molar-refractivity contribution is 7.16. The number of fused-ring (bicyclic) bond motifs is 1. The highest BCUT2D eigenvalue weighted by atomic mass is 32.1. The van der Waals surface area contributed by atoms with Gasteiger partial charge in [-0.15, -0.1) is 11.3 Å². The lowest BCUT2D eigenvalue weighted by Crippen LogP contribution is -2.37. The van der Waals surface area contributed by atoms with Gasteiger partial charge in [-0.3, -0.25) is 4.79 Å². The van der Waals surface area contributed by atoms with Gasteiger partial charge in [-0.1, -0.05) is 13.0 Å². The zero-order valence-corrected chi connectivity index (χ0v) is 10.5. The number of rotatable bonds is 1. The SMILES string of the molecule is C[C@H]1CN[C@H](c2ccc3scnc3c2)CC1=O. The Hall–Kier alpha value is -1.26. The van der Waals surface area contributed by atoms with Crippen LogP contribution in [0, 0.1) is 5.92 Å². The third-order valence-corrected chi connectivity index (χ3v) is 4.19. The standard InChI is InChI=1S/C13H14N2OS/c1-8-6-14-10(5-12(8)16)9-2-3-13-11(4-9)15-7-17-13/h2-4,7-8,10,14H,5-6H2,1H3/t8-,10-/m0/s1. The lowest BCUT2D eigenvalue weighted by Gasteiger charge is -2.27. The van der Waals surface area contributed by atoms with Gasteiger partial charge in [0, 0.05) is 24.9 Å². The fourth-order valence-corrected chi connectivity index (χ4v) is 2.89. The van der Waals surface area contributed by atoms with E-state index in [1.165, 1.54) is 10.3 Å². The molecule has 1 N–H and O–H groups in total. The molecule has 1 aromatic carbocycles. The minimum atomic E-state index is 0.147. The first-order valence-corrected chi connectivity index (χ1v) is 6.71. The Balaban J connectivity index is 1.90. The van der Waals surface area contributed by atoms with E-state index in [9.17, 15) is 4.79 Å². The summed E-state index contributed by atoms with van der Waals surface area (Å²) in [7, 11) is 0. The van der Waals surface area contributed by atoms with Crippen LogP contribution in [0.1, 0.15) is 24.9 Å². The summed E-state index contributed by atoms with van der Waals surface area (Å²) in [6, 6.07) is 6.44. The van der Waals surface area contributed by atoms with Gasteiger partial charge >= 0.3 is 0 Å². The van der Waals surface area contributed by atoms with Crippen LogP contribution in [0.4, 0.5) is 0 Å². The van der Waals surface area contributed by atoms with Crippen molar-refractivity contribution in [2.45, 2.75) is 19.4 Å².